The van der Waals surface area contributed by atoms with Crippen LogP contribution in [0.4, 0.5) is 0 Å². The van der Waals surface area contributed by atoms with E-state index in [1.54, 1.807) is 0 Å². The van der Waals surface area contributed by atoms with Crippen LogP contribution in [0.5, 0.6) is 0 Å². The van der Waals surface area contributed by atoms with Crippen molar-refractivity contribution >= 4 is 17.4 Å². The van der Waals surface area contributed by atoms with Crippen molar-refractivity contribution in [3.63, 3.8) is 0 Å². The van der Waals surface area contributed by atoms with Crippen molar-refractivity contribution < 1.29 is 4.79 Å². The lowest BCUT2D eigenvalue weighted by molar-refractivity contribution is -0.127. The molecule has 1 aliphatic rings. The summed E-state index contributed by atoms with van der Waals surface area (Å²) in [5, 5.41) is 8.55. The molecular formula is C16H26ClN3O. The SMILES string of the molecule is CCCC1(C(=O)Cc2c(Cl)c(CC)nn2CC)CCNC1. The third-order valence-electron chi connectivity index (χ3n) is 4.59. The molecule has 1 N–H and O–H groups in total. The number of Topliss-reactive ketones (excluding diaryl/α,β-unsaturated/α-hetero) is 1. The van der Waals surface area contributed by atoms with E-state index in [4.69, 9.17) is 11.6 Å². The molecule has 0 spiro atoms. The van der Waals surface area contributed by atoms with E-state index < -0.39 is 0 Å². The van der Waals surface area contributed by atoms with E-state index in [2.05, 4.69) is 17.3 Å². The largest absolute Gasteiger partial charge is 0.316 e. The summed E-state index contributed by atoms with van der Waals surface area (Å²) >= 11 is 6.43. The summed E-state index contributed by atoms with van der Waals surface area (Å²) in [6.07, 6.45) is 4.14. The van der Waals surface area contributed by atoms with Gasteiger partial charge in [0.25, 0.3) is 0 Å². The number of nitrogens with one attached hydrogen (secondary N) is 1. The van der Waals surface area contributed by atoms with E-state index in [0.717, 1.165) is 56.7 Å². The molecule has 0 aromatic carbocycles. The van der Waals surface area contributed by atoms with Crippen LogP contribution < -0.4 is 5.32 Å². The Balaban J connectivity index is 2.24. The van der Waals surface area contributed by atoms with Gasteiger partial charge in [0.1, 0.15) is 5.78 Å². The first kappa shape index (κ1) is 16.5. The van der Waals surface area contributed by atoms with Crippen LogP contribution in [0.3, 0.4) is 0 Å². The third kappa shape index (κ3) is 3.16. The molecule has 1 fully saturated rings. The van der Waals surface area contributed by atoms with Crippen LogP contribution in [0.2, 0.25) is 5.02 Å². The number of aryl methyl sites for hydroxylation is 2. The number of rotatable bonds is 7. The van der Waals surface area contributed by atoms with E-state index in [0.29, 0.717) is 17.2 Å². The summed E-state index contributed by atoms with van der Waals surface area (Å²) in [6, 6.07) is 0. The third-order valence-corrected chi connectivity index (χ3v) is 5.02. The van der Waals surface area contributed by atoms with Gasteiger partial charge in [-0.2, -0.15) is 5.10 Å². The minimum Gasteiger partial charge on any atom is -0.316 e. The lowest BCUT2D eigenvalue weighted by Gasteiger charge is -2.26. The summed E-state index contributed by atoms with van der Waals surface area (Å²) < 4.78 is 1.89. The highest BCUT2D eigenvalue weighted by Crippen LogP contribution is 2.34. The number of ketones is 1. The Hall–Kier alpha value is -0.870. The highest BCUT2D eigenvalue weighted by molar-refractivity contribution is 6.32. The molecule has 4 nitrogen and oxygen atoms in total. The van der Waals surface area contributed by atoms with Gasteiger partial charge < -0.3 is 5.32 Å². The first-order valence-electron chi connectivity index (χ1n) is 8.06. The van der Waals surface area contributed by atoms with Crippen LogP contribution in [-0.4, -0.2) is 28.7 Å². The fourth-order valence-electron chi connectivity index (χ4n) is 3.34. The van der Waals surface area contributed by atoms with Crippen LogP contribution in [0.15, 0.2) is 0 Å². The van der Waals surface area contributed by atoms with Gasteiger partial charge in [0, 0.05) is 18.5 Å². The van der Waals surface area contributed by atoms with Crippen molar-refractivity contribution in [2.24, 2.45) is 5.41 Å². The van der Waals surface area contributed by atoms with Crippen molar-refractivity contribution in [3.8, 4) is 0 Å². The van der Waals surface area contributed by atoms with E-state index in [1.807, 2.05) is 18.5 Å². The topological polar surface area (TPSA) is 46.9 Å². The zero-order valence-corrected chi connectivity index (χ0v) is 14.1. The number of carbonyl (C=O) groups excluding carboxylic acids is 1. The zero-order chi connectivity index (χ0) is 15.5. The Morgan fingerprint density at radius 2 is 2.19 bits per heavy atom. The molecule has 2 rings (SSSR count). The van der Waals surface area contributed by atoms with Gasteiger partial charge >= 0.3 is 0 Å². The van der Waals surface area contributed by atoms with E-state index >= 15 is 0 Å². The van der Waals surface area contributed by atoms with Gasteiger partial charge in [-0.3, -0.25) is 9.48 Å². The fraction of sp³-hybridized carbons (Fsp3) is 0.750. The van der Waals surface area contributed by atoms with Crippen molar-refractivity contribution in [3.05, 3.63) is 16.4 Å². The zero-order valence-electron chi connectivity index (χ0n) is 13.3. The standard InChI is InChI=1S/C16H26ClN3O/c1-4-7-16(8-9-18-11-16)14(21)10-13-15(17)12(5-2)19-20(13)6-3/h18H,4-11H2,1-3H3. The number of hydrogen-bond acceptors (Lipinski definition) is 3. The molecule has 0 radical (unpaired) electrons. The molecule has 0 aliphatic carbocycles. The number of carbonyl (C=O) groups is 1. The predicted octanol–water partition coefficient (Wildman–Crippen LogP) is 3.01. The average Bonchev–Trinajstić information content (AvgIpc) is 3.06. The van der Waals surface area contributed by atoms with E-state index in [-0.39, 0.29) is 5.41 Å². The number of aromatic nitrogens is 2. The molecule has 1 aromatic heterocycles. The molecule has 2 heterocycles. The molecule has 0 bridgehead atoms. The van der Waals surface area contributed by atoms with Gasteiger partial charge in [0.15, 0.2) is 0 Å². The molecular weight excluding hydrogens is 286 g/mol. The molecule has 0 saturated carbocycles. The van der Waals surface area contributed by atoms with Gasteiger partial charge in [-0.25, -0.2) is 0 Å². The first-order valence-corrected chi connectivity index (χ1v) is 8.43. The molecule has 1 aliphatic heterocycles. The Morgan fingerprint density at radius 3 is 2.71 bits per heavy atom. The maximum Gasteiger partial charge on any atom is 0.146 e. The van der Waals surface area contributed by atoms with E-state index in [1.165, 1.54) is 0 Å². The van der Waals surface area contributed by atoms with Crippen molar-refractivity contribution in [2.75, 3.05) is 13.1 Å². The monoisotopic (exact) mass is 311 g/mol. The molecule has 1 saturated heterocycles. The van der Waals surface area contributed by atoms with Crippen molar-refractivity contribution in [2.45, 2.75) is 59.4 Å². The van der Waals surface area contributed by atoms with Crippen LogP contribution in [0.1, 0.15) is 51.4 Å². The molecule has 5 heteroatoms. The summed E-state index contributed by atoms with van der Waals surface area (Å²) in [5.74, 6) is 0.313. The first-order chi connectivity index (χ1) is 10.1. The average molecular weight is 312 g/mol. The maximum atomic E-state index is 12.9. The predicted molar refractivity (Wildman–Crippen MR) is 85.8 cm³/mol. The second-order valence-electron chi connectivity index (χ2n) is 5.93. The smallest absolute Gasteiger partial charge is 0.146 e. The Labute approximate surface area is 132 Å². The number of hydrogen-bond donors (Lipinski definition) is 1. The molecule has 0 amide bonds. The van der Waals surface area contributed by atoms with Crippen molar-refractivity contribution in [1.82, 2.24) is 15.1 Å². The number of nitrogens with zero attached hydrogens (tertiary/aromatic N) is 2. The van der Waals surface area contributed by atoms with Gasteiger partial charge in [-0.1, -0.05) is 31.9 Å². The van der Waals surface area contributed by atoms with Crippen LogP contribution >= 0.6 is 11.6 Å². The molecule has 1 aromatic rings. The normalized spacial score (nSPS) is 21.9. The fourth-order valence-corrected chi connectivity index (χ4v) is 3.67. The lowest BCUT2D eigenvalue weighted by atomic mass is 9.77. The molecule has 118 valence electrons. The summed E-state index contributed by atoms with van der Waals surface area (Å²) in [4.78, 5) is 12.9. The number of halogens is 1. The maximum absolute atomic E-state index is 12.9. The van der Waals surface area contributed by atoms with Gasteiger partial charge in [0.05, 0.1) is 22.8 Å². The summed E-state index contributed by atoms with van der Waals surface area (Å²) in [5.41, 5.74) is 1.59. The van der Waals surface area contributed by atoms with Crippen LogP contribution in [-0.2, 0) is 24.2 Å². The quantitative estimate of drug-likeness (QED) is 0.842. The van der Waals surface area contributed by atoms with Crippen LogP contribution in [0.25, 0.3) is 0 Å². The highest BCUT2D eigenvalue weighted by atomic mass is 35.5. The van der Waals surface area contributed by atoms with Gasteiger partial charge in [-0.15, -0.1) is 0 Å². The molecule has 1 atom stereocenters. The Morgan fingerprint density at radius 1 is 1.43 bits per heavy atom. The second kappa shape index (κ2) is 6.93. The summed E-state index contributed by atoms with van der Waals surface area (Å²) in [7, 11) is 0. The highest BCUT2D eigenvalue weighted by Gasteiger charge is 2.40. The van der Waals surface area contributed by atoms with E-state index in [9.17, 15) is 4.79 Å². The van der Waals surface area contributed by atoms with Crippen LogP contribution in [0, 0.1) is 5.41 Å². The molecule has 21 heavy (non-hydrogen) atoms. The minimum absolute atomic E-state index is 0.201. The Kier molecular flexibility index (Phi) is 5.44. The van der Waals surface area contributed by atoms with Gasteiger partial charge in [0.2, 0.25) is 0 Å². The molecule has 1 unspecified atom stereocenters. The second-order valence-corrected chi connectivity index (χ2v) is 6.31. The van der Waals surface area contributed by atoms with Gasteiger partial charge in [-0.05, 0) is 32.7 Å². The Bertz CT molecular complexity index is 504. The lowest BCUT2D eigenvalue weighted by Crippen LogP contribution is -2.35. The van der Waals surface area contributed by atoms with Crippen molar-refractivity contribution in [1.29, 1.82) is 0 Å². The minimum atomic E-state index is -0.201. The summed E-state index contributed by atoms with van der Waals surface area (Å²) in [6.45, 7) is 8.72.